The monoisotopic (exact) mass is 407 g/mol. The van der Waals surface area contributed by atoms with Crippen molar-refractivity contribution >= 4 is 28.5 Å². The number of ether oxygens (including phenoxy) is 2. The lowest BCUT2D eigenvalue weighted by molar-refractivity contribution is -0.136. The van der Waals surface area contributed by atoms with Crippen molar-refractivity contribution in [2.24, 2.45) is 0 Å². The number of aromatic nitrogens is 3. The molecule has 29 heavy (non-hydrogen) atoms. The number of unbranched alkanes of at least 4 members (excludes halogenated alkanes) is 1. The smallest absolute Gasteiger partial charge is 0.418 e. The molecule has 0 aliphatic carbocycles. The number of alkyl halides is 3. The molecular weight excluding hydrogens is 387 g/mol. The molecule has 0 unspecified atom stereocenters. The second-order valence-electron chi connectivity index (χ2n) is 6.55. The summed E-state index contributed by atoms with van der Waals surface area (Å²) >= 11 is 0. The molecule has 154 valence electrons. The number of hydrogen-bond acceptors (Lipinski definition) is 6. The highest BCUT2D eigenvalue weighted by molar-refractivity contribution is 5.92. The molecule has 1 aliphatic rings. The maximum Gasteiger partial charge on any atom is 0.418 e. The standard InChI is InChI=1S/C19H20F3N5O2/c1-2-3-7-23-16-14-11(19(20,21)22)10-24-17(14)27-18(26-16)25-12-5-4-6-13-15(12)29-9-8-28-13/h4-6,10H,2-3,7-9H2,1H3,(H3,23,24,25,26,27). The van der Waals surface area contributed by atoms with Gasteiger partial charge in [-0.05, 0) is 18.6 Å². The average molecular weight is 407 g/mol. The van der Waals surface area contributed by atoms with Gasteiger partial charge in [-0.2, -0.15) is 23.1 Å². The van der Waals surface area contributed by atoms with Crippen molar-refractivity contribution in [3.63, 3.8) is 0 Å². The van der Waals surface area contributed by atoms with Gasteiger partial charge >= 0.3 is 6.18 Å². The Bertz CT molecular complexity index is 1020. The van der Waals surface area contributed by atoms with Crippen LogP contribution in [0.15, 0.2) is 24.4 Å². The molecule has 0 saturated carbocycles. The summed E-state index contributed by atoms with van der Waals surface area (Å²) < 4.78 is 51.4. The van der Waals surface area contributed by atoms with Gasteiger partial charge in [0, 0.05) is 12.7 Å². The molecule has 0 saturated heterocycles. The van der Waals surface area contributed by atoms with E-state index in [4.69, 9.17) is 9.47 Å². The number of anilines is 3. The SMILES string of the molecule is CCCCNc1nc(Nc2cccc3c2OCCO3)nc2[nH]cc(C(F)(F)F)c12. The normalized spacial score (nSPS) is 13.5. The van der Waals surface area contributed by atoms with E-state index in [0.29, 0.717) is 36.9 Å². The van der Waals surface area contributed by atoms with Crippen LogP contribution in [0.4, 0.5) is 30.6 Å². The van der Waals surface area contributed by atoms with Crippen molar-refractivity contribution in [1.29, 1.82) is 0 Å². The number of benzene rings is 1. The number of halogens is 3. The van der Waals surface area contributed by atoms with Gasteiger partial charge in [0.15, 0.2) is 11.5 Å². The Balaban J connectivity index is 1.74. The molecule has 0 spiro atoms. The lowest BCUT2D eigenvalue weighted by atomic mass is 10.2. The molecule has 1 aromatic carbocycles. The van der Waals surface area contributed by atoms with Crippen molar-refractivity contribution in [1.82, 2.24) is 15.0 Å². The fourth-order valence-corrected chi connectivity index (χ4v) is 3.12. The van der Waals surface area contributed by atoms with Crippen molar-refractivity contribution in [2.45, 2.75) is 25.9 Å². The van der Waals surface area contributed by atoms with Crippen LogP contribution in [0.5, 0.6) is 11.5 Å². The van der Waals surface area contributed by atoms with E-state index in [9.17, 15) is 13.2 Å². The first-order chi connectivity index (χ1) is 14.0. The summed E-state index contributed by atoms with van der Waals surface area (Å²) in [6.45, 7) is 3.36. The molecule has 7 nitrogen and oxygen atoms in total. The van der Waals surface area contributed by atoms with Gasteiger partial charge in [-0.1, -0.05) is 19.4 Å². The Labute approximate surface area is 164 Å². The Morgan fingerprint density at radius 1 is 1.17 bits per heavy atom. The van der Waals surface area contributed by atoms with Gasteiger partial charge in [0.1, 0.15) is 24.7 Å². The van der Waals surface area contributed by atoms with E-state index in [-0.39, 0.29) is 22.8 Å². The Kier molecular flexibility index (Phi) is 5.08. The van der Waals surface area contributed by atoms with Gasteiger partial charge in [-0.3, -0.25) is 0 Å². The average Bonchev–Trinajstić information content (AvgIpc) is 3.13. The number of nitrogens with zero attached hydrogens (tertiary/aromatic N) is 2. The van der Waals surface area contributed by atoms with E-state index in [1.165, 1.54) is 0 Å². The zero-order valence-electron chi connectivity index (χ0n) is 15.7. The third kappa shape index (κ3) is 3.87. The summed E-state index contributed by atoms with van der Waals surface area (Å²) in [4.78, 5) is 11.1. The zero-order chi connectivity index (χ0) is 20.4. The summed E-state index contributed by atoms with van der Waals surface area (Å²) in [5, 5.41) is 5.97. The number of fused-ring (bicyclic) bond motifs is 2. The largest absolute Gasteiger partial charge is 0.486 e. The van der Waals surface area contributed by atoms with Crippen molar-refractivity contribution in [3.8, 4) is 11.5 Å². The van der Waals surface area contributed by atoms with Crippen LogP contribution in [0.2, 0.25) is 0 Å². The molecule has 10 heteroatoms. The molecule has 2 aromatic heterocycles. The third-order valence-corrected chi connectivity index (χ3v) is 4.47. The van der Waals surface area contributed by atoms with Gasteiger partial charge in [0.2, 0.25) is 5.95 Å². The molecule has 0 radical (unpaired) electrons. The van der Waals surface area contributed by atoms with Crippen molar-refractivity contribution in [2.75, 3.05) is 30.4 Å². The van der Waals surface area contributed by atoms with Crippen LogP contribution in [-0.4, -0.2) is 34.7 Å². The van der Waals surface area contributed by atoms with Gasteiger partial charge < -0.3 is 25.1 Å². The number of aromatic amines is 1. The molecule has 4 rings (SSSR count). The van der Waals surface area contributed by atoms with E-state index in [1.54, 1.807) is 18.2 Å². The van der Waals surface area contributed by atoms with E-state index in [0.717, 1.165) is 19.0 Å². The number of H-pyrrole nitrogens is 1. The lowest BCUT2D eigenvalue weighted by Crippen LogP contribution is -2.16. The van der Waals surface area contributed by atoms with Gasteiger partial charge in [-0.15, -0.1) is 0 Å². The first-order valence-electron chi connectivity index (χ1n) is 9.33. The van der Waals surface area contributed by atoms with Crippen LogP contribution in [0.1, 0.15) is 25.3 Å². The minimum Gasteiger partial charge on any atom is -0.486 e. The molecule has 0 atom stereocenters. The maximum absolute atomic E-state index is 13.4. The fourth-order valence-electron chi connectivity index (χ4n) is 3.12. The predicted molar refractivity (Wildman–Crippen MR) is 103 cm³/mol. The Morgan fingerprint density at radius 3 is 2.79 bits per heavy atom. The van der Waals surface area contributed by atoms with E-state index >= 15 is 0 Å². The summed E-state index contributed by atoms with van der Waals surface area (Å²) in [6, 6.07) is 5.33. The molecule has 3 N–H and O–H groups in total. The molecule has 3 aromatic rings. The summed E-state index contributed by atoms with van der Waals surface area (Å²) in [5.41, 5.74) is -0.133. The summed E-state index contributed by atoms with van der Waals surface area (Å²) in [5.74, 6) is 1.38. The minimum atomic E-state index is -4.51. The summed E-state index contributed by atoms with van der Waals surface area (Å²) in [7, 11) is 0. The van der Waals surface area contributed by atoms with Crippen LogP contribution in [0.3, 0.4) is 0 Å². The topological polar surface area (TPSA) is 84.1 Å². The van der Waals surface area contributed by atoms with Crippen LogP contribution in [-0.2, 0) is 6.18 Å². The quantitative estimate of drug-likeness (QED) is 0.514. The van der Waals surface area contributed by atoms with Crippen LogP contribution < -0.4 is 20.1 Å². The molecule has 1 aliphatic heterocycles. The van der Waals surface area contributed by atoms with Crippen LogP contribution in [0.25, 0.3) is 11.0 Å². The van der Waals surface area contributed by atoms with E-state index in [2.05, 4.69) is 25.6 Å². The number of para-hydroxylation sites is 1. The van der Waals surface area contributed by atoms with Crippen molar-refractivity contribution < 1.29 is 22.6 Å². The molecule has 3 heterocycles. The molecule has 0 bridgehead atoms. The lowest BCUT2D eigenvalue weighted by Gasteiger charge is -2.21. The van der Waals surface area contributed by atoms with E-state index in [1.807, 2.05) is 6.92 Å². The van der Waals surface area contributed by atoms with Crippen LogP contribution >= 0.6 is 0 Å². The second-order valence-corrected chi connectivity index (χ2v) is 6.55. The number of rotatable bonds is 6. The number of hydrogen-bond donors (Lipinski definition) is 3. The van der Waals surface area contributed by atoms with Gasteiger partial charge in [-0.25, -0.2) is 0 Å². The number of nitrogens with one attached hydrogen (secondary N) is 3. The third-order valence-electron chi connectivity index (χ3n) is 4.47. The first-order valence-corrected chi connectivity index (χ1v) is 9.33. The highest BCUT2D eigenvalue weighted by Gasteiger charge is 2.35. The highest BCUT2D eigenvalue weighted by atomic mass is 19.4. The highest BCUT2D eigenvalue weighted by Crippen LogP contribution is 2.40. The Hall–Kier alpha value is -3.17. The van der Waals surface area contributed by atoms with E-state index < -0.39 is 11.7 Å². The molecule has 0 amide bonds. The zero-order valence-corrected chi connectivity index (χ0v) is 15.7. The second kappa shape index (κ2) is 7.69. The first kappa shape index (κ1) is 19.2. The Morgan fingerprint density at radius 2 is 2.00 bits per heavy atom. The minimum absolute atomic E-state index is 0.0752. The molecular formula is C19H20F3N5O2. The van der Waals surface area contributed by atoms with Crippen LogP contribution in [0, 0.1) is 0 Å². The predicted octanol–water partition coefficient (Wildman–Crippen LogP) is 4.70. The van der Waals surface area contributed by atoms with Gasteiger partial charge in [0.25, 0.3) is 0 Å². The maximum atomic E-state index is 13.4. The summed E-state index contributed by atoms with van der Waals surface area (Å²) in [6.07, 6.45) is -1.90. The van der Waals surface area contributed by atoms with Crippen molar-refractivity contribution in [3.05, 3.63) is 30.0 Å². The molecule has 0 fully saturated rings. The van der Waals surface area contributed by atoms with Gasteiger partial charge in [0.05, 0.1) is 16.6 Å². The fraction of sp³-hybridized carbons (Fsp3) is 0.368.